The minimum Gasteiger partial charge on any atom is -0.480 e. The van der Waals surface area contributed by atoms with E-state index in [2.05, 4.69) is 0 Å². The van der Waals surface area contributed by atoms with Crippen LogP contribution in [0.2, 0.25) is 0 Å². The predicted molar refractivity (Wildman–Crippen MR) is 48.2 cm³/mol. The quantitative estimate of drug-likeness (QED) is 0.630. The molecule has 1 unspecified atom stereocenters. The number of hydrogen-bond donors (Lipinski definition) is 2. The van der Waals surface area contributed by atoms with E-state index >= 15 is 0 Å². The van der Waals surface area contributed by atoms with E-state index in [1.165, 1.54) is 0 Å². The summed E-state index contributed by atoms with van der Waals surface area (Å²) in [6.45, 7) is 0.308. The van der Waals surface area contributed by atoms with Gasteiger partial charge in [0.05, 0.1) is 6.10 Å². The molecule has 6 nitrogen and oxygen atoms in total. The van der Waals surface area contributed by atoms with Crippen LogP contribution in [-0.4, -0.2) is 53.9 Å². The SMILES string of the molecule is O=C(O)CS(=O)(=O)N1CCCC(O)C1. The summed E-state index contributed by atoms with van der Waals surface area (Å²) in [4.78, 5) is 10.3. The standard InChI is InChI=1S/C7H13NO5S/c9-6-2-1-3-8(4-6)14(12,13)5-7(10)11/h6,9H,1-5H2,(H,10,11). The fraction of sp³-hybridized carbons (Fsp3) is 0.857. The Kier molecular flexibility index (Phi) is 3.46. The van der Waals surface area contributed by atoms with Crippen LogP contribution in [-0.2, 0) is 14.8 Å². The highest BCUT2D eigenvalue weighted by molar-refractivity contribution is 7.89. The molecule has 0 aliphatic carbocycles. The van der Waals surface area contributed by atoms with Gasteiger partial charge >= 0.3 is 5.97 Å². The van der Waals surface area contributed by atoms with E-state index in [1.54, 1.807) is 0 Å². The molecule has 1 heterocycles. The van der Waals surface area contributed by atoms with Gasteiger partial charge in [-0.1, -0.05) is 0 Å². The summed E-state index contributed by atoms with van der Waals surface area (Å²) in [6.07, 6.45) is 0.464. The first-order chi connectivity index (χ1) is 6.42. The largest absolute Gasteiger partial charge is 0.480 e. The second-order valence-corrected chi connectivity index (χ2v) is 5.27. The second-order valence-electron chi connectivity index (χ2n) is 3.30. The lowest BCUT2D eigenvalue weighted by molar-refractivity contribution is -0.134. The highest BCUT2D eigenvalue weighted by Gasteiger charge is 2.29. The van der Waals surface area contributed by atoms with Crippen LogP contribution in [0.1, 0.15) is 12.8 Å². The molecule has 0 amide bonds. The zero-order chi connectivity index (χ0) is 10.8. The molecule has 1 aliphatic heterocycles. The first-order valence-corrected chi connectivity index (χ1v) is 5.90. The third kappa shape index (κ3) is 2.93. The number of nitrogens with zero attached hydrogens (tertiary/aromatic N) is 1. The topological polar surface area (TPSA) is 94.9 Å². The molecule has 0 aromatic heterocycles. The minimum atomic E-state index is -3.74. The van der Waals surface area contributed by atoms with E-state index in [9.17, 15) is 18.3 Å². The van der Waals surface area contributed by atoms with Crippen molar-refractivity contribution < 1.29 is 23.4 Å². The summed E-state index contributed by atoms with van der Waals surface area (Å²) in [5.74, 6) is -2.27. The molecular weight excluding hydrogens is 210 g/mol. The lowest BCUT2D eigenvalue weighted by Crippen LogP contribution is -2.44. The van der Waals surface area contributed by atoms with Crippen molar-refractivity contribution >= 4 is 16.0 Å². The predicted octanol–water partition coefficient (Wildman–Crippen LogP) is -1.14. The average Bonchev–Trinajstić information content (AvgIpc) is 2.01. The van der Waals surface area contributed by atoms with Crippen molar-refractivity contribution in [1.29, 1.82) is 0 Å². The number of aliphatic hydroxyl groups is 1. The second kappa shape index (κ2) is 4.24. The number of β-amino-alcohol motifs (C(OH)–C–C–N with tert-alkyl or cyclic N) is 1. The minimum absolute atomic E-state index is 0.00954. The number of rotatable bonds is 3. The van der Waals surface area contributed by atoms with Crippen LogP contribution in [0, 0.1) is 0 Å². The number of aliphatic carboxylic acids is 1. The average molecular weight is 223 g/mol. The normalized spacial score (nSPS) is 24.8. The molecule has 0 aromatic rings. The number of carboxylic acid groups (broad SMARTS) is 1. The van der Waals surface area contributed by atoms with Crippen molar-refractivity contribution in [3.05, 3.63) is 0 Å². The maximum Gasteiger partial charge on any atom is 0.320 e. The molecular formula is C7H13NO5S. The van der Waals surface area contributed by atoms with E-state index < -0.39 is 27.8 Å². The van der Waals surface area contributed by atoms with Gasteiger partial charge in [-0.05, 0) is 12.8 Å². The lowest BCUT2D eigenvalue weighted by atomic mass is 10.1. The van der Waals surface area contributed by atoms with Gasteiger partial charge in [0.25, 0.3) is 0 Å². The van der Waals surface area contributed by atoms with Crippen molar-refractivity contribution in [1.82, 2.24) is 4.31 Å². The summed E-state index contributed by atoms with van der Waals surface area (Å²) in [7, 11) is -3.74. The van der Waals surface area contributed by atoms with Gasteiger partial charge in [0.2, 0.25) is 10.0 Å². The van der Waals surface area contributed by atoms with Gasteiger partial charge in [-0.25, -0.2) is 8.42 Å². The van der Waals surface area contributed by atoms with E-state index in [0.717, 1.165) is 4.31 Å². The van der Waals surface area contributed by atoms with Crippen molar-refractivity contribution in [2.24, 2.45) is 0 Å². The van der Waals surface area contributed by atoms with Crippen LogP contribution in [0.15, 0.2) is 0 Å². The van der Waals surface area contributed by atoms with E-state index in [0.29, 0.717) is 19.4 Å². The molecule has 1 fully saturated rings. The van der Waals surface area contributed by atoms with Crippen LogP contribution >= 0.6 is 0 Å². The Hall–Kier alpha value is -0.660. The van der Waals surface area contributed by atoms with Crippen LogP contribution in [0.3, 0.4) is 0 Å². The summed E-state index contributed by atoms with van der Waals surface area (Å²) in [5, 5.41) is 17.6. The zero-order valence-electron chi connectivity index (χ0n) is 7.59. The lowest BCUT2D eigenvalue weighted by Gasteiger charge is -2.28. The van der Waals surface area contributed by atoms with Gasteiger partial charge < -0.3 is 10.2 Å². The fourth-order valence-electron chi connectivity index (χ4n) is 1.42. The van der Waals surface area contributed by atoms with Gasteiger partial charge in [0.15, 0.2) is 5.75 Å². The van der Waals surface area contributed by atoms with Gasteiger partial charge in [-0.2, -0.15) is 4.31 Å². The van der Waals surface area contributed by atoms with Gasteiger partial charge in [0.1, 0.15) is 0 Å². The Bertz CT molecular complexity index is 312. The number of carboxylic acids is 1. The molecule has 1 atom stereocenters. The Morgan fingerprint density at radius 1 is 1.50 bits per heavy atom. The number of piperidine rings is 1. The van der Waals surface area contributed by atoms with Gasteiger partial charge in [0, 0.05) is 13.1 Å². The Labute approximate surface area is 82.2 Å². The molecule has 1 aliphatic rings. The zero-order valence-corrected chi connectivity index (χ0v) is 8.40. The summed E-state index contributed by atoms with van der Waals surface area (Å²) < 4.78 is 23.8. The smallest absolute Gasteiger partial charge is 0.320 e. The number of carbonyl (C=O) groups is 1. The third-order valence-corrected chi connectivity index (χ3v) is 3.79. The molecule has 0 aromatic carbocycles. The first-order valence-electron chi connectivity index (χ1n) is 4.29. The molecule has 14 heavy (non-hydrogen) atoms. The molecule has 0 saturated carbocycles. The molecule has 2 N–H and O–H groups in total. The summed E-state index contributed by atoms with van der Waals surface area (Å²) >= 11 is 0. The highest BCUT2D eigenvalue weighted by atomic mass is 32.2. The highest BCUT2D eigenvalue weighted by Crippen LogP contribution is 2.13. The molecule has 0 bridgehead atoms. The maximum absolute atomic E-state index is 11.4. The maximum atomic E-state index is 11.4. The molecule has 82 valence electrons. The summed E-state index contributed by atoms with van der Waals surface area (Å²) in [5.41, 5.74) is 0. The number of aliphatic hydroxyl groups excluding tert-OH is 1. The Morgan fingerprint density at radius 2 is 2.14 bits per heavy atom. The molecule has 0 radical (unpaired) electrons. The molecule has 7 heteroatoms. The van der Waals surface area contributed by atoms with Crippen molar-refractivity contribution in [3.63, 3.8) is 0 Å². The molecule has 1 rings (SSSR count). The molecule has 0 spiro atoms. The number of sulfonamides is 1. The Morgan fingerprint density at radius 3 is 2.64 bits per heavy atom. The van der Waals surface area contributed by atoms with Crippen LogP contribution in [0.5, 0.6) is 0 Å². The molecule has 1 saturated heterocycles. The van der Waals surface area contributed by atoms with Crippen LogP contribution in [0.25, 0.3) is 0 Å². The van der Waals surface area contributed by atoms with Crippen LogP contribution < -0.4 is 0 Å². The van der Waals surface area contributed by atoms with E-state index in [-0.39, 0.29) is 6.54 Å². The van der Waals surface area contributed by atoms with Crippen molar-refractivity contribution in [3.8, 4) is 0 Å². The first kappa shape index (κ1) is 11.4. The van der Waals surface area contributed by atoms with Gasteiger partial charge in [-0.3, -0.25) is 4.79 Å². The van der Waals surface area contributed by atoms with Crippen molar-refractivity contribution in [2.75, 3.05) is 18.8 Å². The Balaban J connectivity index is 2.67. The van der Waals surface area contributed by atoms with E-state index in [4.69, 9.17) is 5.11 Å². The fourth-order valence-corrected chi connectivity index (χ4v) is 2.72. The number of hydrogen-bond acceptors (Lipinski definition) is 4. The van der Waals surface area contributed by atoms with Crippen molar-refractivity contribution in [2.45, 2.75) is 18.9 Å². The van der Waals surface area contributed by atoms with Gasteiger partial charge in [-0.15, -0.1) is 0 Å². The van der Waals surface area contributed by atoms with E-state index in [1.807, 2.05) is 0 Å². The third-order valence-electron chi connectivity index (χ3n) is 2.06. The summed E-state index contributed by atoms with van der Waals surface area (Å²) in [6, 6.07) is 0. The monoisotopic (exact) mass is 223 g/mol. The van der Waals surface area contributed by atoms with Crippen LogP contribution in [0.4, 0.5) is 0 Å².